The molecule has 732 valence electrons. The number of aromatic nitrogens is 9. The van der Waals surface area contributed by atoms with E-state index in [1.807, 2.05) is 182 Å². The molecule has 143 heavy (non-hydrogen) atoms. The van der Waals surface area contributed by atoms with Gasteiger partial charge < -0.3 is 33.3 Å². The maximum Gasteiger partial charge on any atom is 0.414 e. The number of carbonyl (C=O) groups is 4. The van der Waals surface area contributed by atoms with Crippen LogP contribution in [0.2, 0.25) is 40.2 Å². The number of morpholine rings is 2. The molecule has 3 fully saturated rings. The number of nitrogens with zero attached hydrogens (tertiary/aromatic N) is 12. The highest BCUT2D eigenvalue weighted by molar-refractivity contribution is 6.43. The van der Waals surface area contributed by atoms with E-state index in [-0.39, 0.29) is 54.1 Å². The van der Waals surface area contributed by atoms with Crippen molar-refractivity contribution < 1.29 is 47.6 Å². The van der Waals surface area contributed by atoms with Gasteiger partial charge in [0.1, 0.15) is 13.2 Å². The van der Waals surface area contributed by atoms with Crippen molar-refractivity contribution in [1.29, 1.82) is 0 Å². The van der Waals surface area contributed by atoms with Crippen LogP contribution in [0, 0.1) is 0 Å². The molecule has 34 heteroatoms. The third-order valence-corrected chi connectivity index (χ3v) is 29.1. The molecule has 4 atom stereocenters. The van der Waals surface area contributed by atoms with Crippen LogP contribution < -0.4 is 21.3 Å². The summed E-state index contributed by atoms with van der Waals surface area (Å²) in [6.07, 6.45) is 16.6. The van der Waals surface area contributed by atoms with Gasteiger partial charge in [-0.3, -0.25) is 36.1 Å². The summed E-state index contributed by atoms with van der Waals surface area (Å²) in [5.41, 5.74) is 23.2. The van der Waals surface area contributed by atoms with Crippen LogP contribution in [0.15, 0.2) is 243 Å². The lowest BCUT2D eigenvalue weighted by atomic mass is 9.78. The maximum atomic E-state index is 12.5. The molecule has 21 rings (SSSR count). The number of piperidine rings is 1. The third-order valence-electron chi connectivity index (χ3n) is 26.1. The number of hydrogen-bond donors (Lipinski definition) is 4. The Morgan fingerprint density at radius 2 is 0.622 bits per heavy atom. The van der Waals surface area contributed by atoms with Gasteiger partial charge in [0, 0.05) is 129 Å². The number of amides is 4. The standard InChI is InChI=1S/C31H22Cl2N4O2.C27H28Cl2N4O2.C26H26Cl2N4O3.C25H24Cl2N4O3/c32-27-10-9-22(16-28(27)33)26-15-23-17-35-30(36-29(23)25-4-2-1-3-24(25)26)37-31(38)39-18-19-5-7-20(8-6-19)21-11-13-34-14-12-21;28-23-10-9-18(16-24(23)29)22-15-19-17-30-26(31-25(19)21-8-3-2-7-20(21)22)32-27(34)35-14-6-13-33-11-4-1-5-12-33;27-22-7-6-17(15-23(22)28)21-14-18-16-29-25(30-24(18)20-5-2-1-4-19(20)21)31-26(33)35-11-3-8-32-9-12-34-13-10-32;26-21-6-5-16(14-22(21)27)20-13-17-15-28-24(29-23(17)19-4-2-1-3-18(19)20)30-25(32)34-12-9-31-7-10-33-11-8-31/h1-14,16-17,26H,15,18H2,(H,35,36,37,38);2-3,7-10,16-17,22H,1,4-6,11-15H2,(H,30,31,32,34);1-2,4-7,15-16,21H,3,8-14H2,(H,29,30,31,33);1-6,14-15,20H,7-13H2,(H,28,29,30,32). The van der Waals surface area contributed by atoms with E-state index < -0.39 is 24.4 Å². The number of likely N-dealkylation sites (tertiary alicyclic amines) is 1. The number of anilines is 4. The van der Waals surface area contributed by atoms with Gasteiger partial charge in [0.15, 0.2) is 0 Å². The van der Waals surface area contributed by atoms with Crippen LogP contribution in [0.4, 0.5) is 43.0 Å². The van der Waals surface area contributed by atoms with Gasteiger partial charge in [-0.25, -0.2) is 59.0 Å². The molecule has 0 saturated carbocycles. The number of rotatable bonds is 22. The molecule has 4 aliphatic carbocycles. The van der Waals surface area contributed by atoms with E-state index in [0.717, 1.165) is 220 Å². The number of benzene rings is 9. The summed E-state index contributed by atoms with van der Waals surface area (Å²) in [5, 5.41) is 14.9. The molecule has 0 radical (unpaired) electrons. The molecule has 3 aliphatic heterocycles. The Morgan fingerprint density at radius 1 is 0.322 bits per heavy atom. The van der Waals surface area contributed by atoms with E-state index in [9.17, 15) is 19.2 Å². The first-order valence-electron chi connectivity index (χ1n) is 47.5. The van der Waals surface area contributed by atoms with Crippen LogP contribution in [-0.4, -0.2) is 189 Å². The van der Waals surface area contributed by atoms with Gasteiger partial charge >= 0.3 is 24.4 Å². The average molecular weight is 2080 g/mol. The summed E-state index contributed by atoms with van der Waals surface area (Å²) < 4.78 is 32.1. The quantitative estimate of drug-likeness (QED) is 0.0362. The largest absolute Gasteiger partial charge is 0.449 e. The SMILES string of the molecule is O=C(Nc1ncc2c(n1)-c1ccccc1C(c1ccc(Cl)c(Cl)c1)C2)OCCCN1CCCCC1.O=C(Nc1ncc2c(n1)-c1ccccc1C(c1ccc(Cl)c(Cl)c1)C2)OCCCN1CCOCC1.O=C(Nc1ncc2c(n1)-c1ccccc1C(c1ccc(Cl)c(Cl)c1)C2)OCCN1CCOCC1.O=C(Nc1ncc2c(n1)-c1ccccc1C(c1ccc(Cl)c(Cl)c1)C2)OCc1ccc(-c2ccncc2)cc1. The van der Waals surface area contributed by atoms with Crippen LogP contribution in [0.1, 0.15) is 128 Å². The minimum atomic E-state index is -0.620. The summed E-state index contributed by atoms with van der Waals surface area (Å²) in [6.45, 7) is 12.4. The number of fused-ring (bicyclic) bond motifs is 12. The first-order valence-corrected chi connectivity index (χ1v) is 50.5. The van der Waals surface area contributed by atoms with E-state index in [0.29, 0.717) is 92.6 Å². The lowest BCUT2D eigenvalue weighted by molar-refractivity contribution is 0.0290. The molecular formula is C109H100Cl8N16O10. The van der Waals surface area contributed by atoms with Crippen LogP contribution in [0.25, 0.3) is 56.2 Å². The molecule has 8 heterocycles. The zero-order chi connectivity index (χ0) is 98.7. The number of hydrogen-bond acceptors (Lipinski definition) is 22. The second kappa shape index (κ2) is 48.4. The smallest absolute Gasteiger partial charge is 0.414 e. The summed E-state index contributed by atoms with van der Waals surface area (Å²) in [5.74, 6) is 1.28. The van der Waals surface area contributed by atoms with Gasteiger partial charge in [0.05, 0.1) is 103 Å². The second-order valence-corrected chi connectivity index (χ2v) is 38.5. The molecule has 0 spiro atoms. The molecule has 0 bridgehead atoms. The molecule has 4 unspecified atom stereocenters. The predicted octanol–water partition coefficient (Wildman–Crippen LogP) is 24.9. The number of ether oxygens (including phenoxy) is 6. The molecule has 26 nitrogen and oxygen atoms in total. The molecule has 7 aliphatic rings. The van der Waals surface area contributed by atoms with E-state index >= 15 is 0 Å². The van der Waals surface area contributed by atoms with Crippen molar-refractivity contribution >= 4 is 141 Å². The number of pyridine rings is 1. The van der Waals surface area contributed by atoms with Gasteiger partial charge in [-0.15, -0.1) is 0 Å². The second-order valence-electron chi connectivity index (χ2n) is 35.3. The zero-order valence-electron chi connectivity index (χ0n) is 77.8. The van der Waals surface area contributed by atoms with Crippen LogP contribution in [-0.2, 0) is 60.7 Å². The van der Waals surface area contributed by atoms with Gasteiger partial charge in [-0.2, -0.15) is 0 Å². The fourth-order valence-corrected chi connectivity index (χ4v) is 20.1. The highest BCUT2D eigenvalue weighted by Crippen LogP contribution is 2.49. The Balaban J connectivity index is 0.000000126. The Hall–Kier alpha value is -12.4. The van der Waals surface area contributed by atoms with Crippen molar-refractivity contribution in [3.63, 3.8) is 0 Å². The monoisotopic (exact) mass is 2070 g/mol. The Kier molecular flexibility index (Phi) is 34.1. The van der Waals surface area contributed by atoms with Crippen molar-refractivity contribution in [3.8, 4) is 56.2 Å². The highest BCUT2D eigenvalue weighted by Gasteiger charge is 2.35. The Labute approximate surface area is 868 Å². The summed E-state index contributed by atoms with van der Waals surface area (Å²) in [7, 11) is 0. The van der Waals surface area contributed by atoms with Crippen LogP contribution >= 0.6 is 92.8 Å². The molecule has 4 N–H and O–H groups in total. The third kappa shape index (κ3) is 25.7. The number of carbonyl (C=O) groups excluding carboxylic acids is 4. The Morgan fingerprint density at radius 3 is 0.958 bits per heavy atom. The van der Waals surface area contributed by atoms with Crippen molar-refractivity contribution in [2.75, 3.05) is 126 Å². The zero-order valence-corrected chi connectivity index (χ0v) is 83.8. The minimum Gasteiger partial charge on any atom is -0.449 e. The highest BCUT2D eigenvalue weighted by atomic mass is 35.5. The molecule has 3 saturated heterocycles. The van der Waals surface area contributed by atoms with E-state index in [1.54, 1.807) is 37.2 Å². The fraction of sp³-hybridized carbons (Fsp3) is 0.275. The van der Waals surface area contributed by atoms with E-state index in [2.05, 4.69) is 105 Å². The van der Waals surface area contributed by atoms with E-state index in [1.165, 1.54) is 19.3 Å². The lowest BCUT2D eigenvalue weighted by Crippen LogP contribution is -2.38. The maximum absolute atomic E-state index is 12.5. The number of nitrogens with one attached hydrogen (secondary N) is 4. The summed E-state index contributed by atoms with van der Waals surface area (Å²) in [4.78, 5) is 96.6. The summed E-state index contributed by atoms with van der Waals surface area (Å²) in [6, 6.07) is 67.3. The first-order chi connectivity index (χ1) is 69.8. The van der Waals surface area contributed by atoms with Crippen LogP contribution in [0.3, 0.4) is 0 Å². The van der Waals surface area contributed by atoms with Crippen molar-refractivity contribution in [1.82, 2.24) is 59.6 Å². The lowest BCUT2D eigenvalue weighted by Gasteiger charge is -2.27. The van der Waals surface area contributed by atoms with Crippen molar-refractivity contribution in [3.05, 3.63) is 356 Å². The van der Waals surface area contributed by atoms with Gasteiger partial charge in [0.2, 0.25) is 23.8 Å². The summed E-state index contributed by atoms with van der Waals surface area (Å²) >= 11 is 49.8. The van der Waals surface area contributed by atoms with Gasteiger partial charge in [-0.1, -0.05) is 245 Å². The molecule has 9 aromatic carbocycles. The van der Waals surface area contributed by atoms with Crippen LogP contribution in [0.5, 0.6) is 0 Å². The molecule has 14 aromatic rings. The van der Waals surface area contributed by atoms with Gasteiger partial charge in [0.25, 0.3) is 0 Å². The molecular weight excluding hydrogens is 1980 g/mol. The molecule has 5 aromatic heterocycles. The van der Waals surface area contributed by atoms with Gasteiger partial charge in [-0.05, 0) is 209 Å². The Bertz CT molecular complexity index is 6720. The average Bonchev–Trinajstić information content (AvgIpc) is 0.769. The van der Waals surface area contributed by atoms with Crippen molar-refractivity contribution in [2.45, 2.75) is 88.1 Å². The minimum absolute atomic E-state index is 0.0841. The molecule has 4 amide bonds. The first kappa shape index (κ1) is 101. The predicted molar refractivity (Wildman–Crippen MR) is 560 cm³/mol. The normalized spacial score (nSPS) is 16.4. The van der Waals surface area contributed by atoms with Crippen molar-refractivity contribution in [2.24, 2.45) is 0 Å². The number of halogens is 8. The topological polar surface area (TPSA) is 298 Å². The van der Waals surface area contributed by atoms with E-state index in [4.69, 9.17) is 121 Å². The fourth-order valence-electron chi connectivity index (χ4n) is 18.9.